The Kier molecular flexibility index (Phi) is 5.28. The fourth-order valence-corrected chi connectivity index (χ4v) is 2.86. The van der Waals surface area contributed by atoms with Crippen LogP contribution in [-0.4, -0.2) is 56.3 Å². The van der Waals surface area contributed by atoms with E-state index in [-0.39, 0.29) is 0 Å². The number of likely N-dealkylation sites (tertiary alicyclic amines) is 1. The Labute approximate surface area is 128 Å². The maximum atomic E-state index is 5.43. The fraction of sp³-hybridized carbons (Fsp3) is 0.688. The molecule has 0 aromatic carbocycles. The van der Waals surface area contributed by atoms with Crippen LogP contribution in [0.15, 0.2) is 12.3 Å². The lowest BCUT2D eigenvalue weighted by Gasteiger charge is -2.35. The van der Waals surface area contributed by atoms with E-state index in [0.29, 0.717) is 18.0 Å². The summed E-state index contributed by atoms with van der Waals surface area (Å²) < 4.78 is 5.43. The van der Waals surface area contributed by atoms with Crippen molar-refractivity contribution in [2.45, 2.75) is 38.8 Å². The molecule has 1 aliphatic heterocycles. The van der Waals surface area contributed by atoms with Crippen molar-refractivity contribution in [1.29, 1.82) is 0 Å². The molecule has 0 atom stereocenters. The SMILES string of the molecule is COc1nccc(N(C)C)c1NC1CCN(C(C)C)CC1. The van der Waals surface area contributed by atoms with Crippen LogP contribution in [0.3, 0.4) is 0 Å². The van der Waals surface area contributed by atoms with Crippen LogP contribution in [-0.2, 0) is 0 Å². The summed E-state index contributed by atoms with van der Waals surface area (Å²) in [6.07, 6.45) is 4.10. The van der Waals surface area contributed by atoms with Gasteiger partial charge in [-0.2, -0.15) is 0 Å². The molecule has 1 fully saturated rings. The van der Waals surface area contributed by atoms with Gasteiger partial charge in [0.15, 0.2) is 0 Å². The summed E-state index contributed by atoms with van der Waals surface area (Å²) in [5.41, 5.74) is 2.13. The van der Waals surface area contributed by atoms with Gasteiger partial charge in [0.2, 0.25) is 5.88 Å². The van der Waals surface area contributed by atoms with E-state index >= 15 is 0 Å². The summed E-state index contributed by atoms with van der Waals surface area (Å²) in [6, 6.07) is 3.14. The Balaban J connectivity index is 2.09. The maximum absolute atomic E-state index is 5.43. The molecule has 21 heavy (non-hydrogen) atoms. The fourth-order valence-electron chi connectivity index (χ4n) is 2.86. The molecule has 118 valence electrons. The van der Waals surface area contributed by atoms with Crippen molar-refractivity contribution in [3.63, 3.8) is 0 Å². The van der Waals surface area contributed by atoms with E-state index in [2.05, 4.69) is 33.9 Å². The van der Waals surface area contributed by atoms with E-state index in [9.17, 15) is 0 Å². The predicted molar refractivity (Wildman–Crippen MR) is 88.5 cm³/mol. The van der Waals surface area contributed by atoms with Crippen molar-refractivity contribution in [3.05, 3.63) is 12.3 Å². The third-order valence-corrected chi connectivity index (χ3v) is 4.18. The predicted octanol–water partition coefficient (Wildman–Crippen LogP) is 2.44. The molecule has 1 N–H and O–H groups in total. The zero-order valence-electron chi connectivity index (χ0n) is 13.9. The average molecular weight is 292 g/mol. The smallest absolute Gasteiger partial charge is 0.239 e. The summed E-state index contributed by atoms with van der Waals surface area (Å²) in [5.74, 6) is 0.674. The molecule has 0 bridgehead atoms. The summed E-state index contributed by atoms with van der Waals surface area (Å²) in [6.45, 7) is 6.83. The first-order valence-corrected chi connectivity index (χ1v) is 7.73. The molecule has 0 radical (unpaired) electrons. The van der Waals surface area contributed by atoms with E-state index in [1.807, 2.05) is 20.2 Å². The highest BCUT2D eigenvalue weighted by atomic mass is 16.5. The third kappa shape index (κ3) is 3.79. The largest absolute Gasteiger partial charge is 0.479 e. The van der Waals surface area contributed by atoms with Crippen LogP contribution in [0.4, 0.5) is 11.4 Å². The van der Waals surface area contributed by atoms with Crippen LogP contribution < -0.4 is 15.0 Å². The molecule has 5 nitrogen and oxygen atoms in total. The average Bonchev–Trinajstić information content (AvgIpc) is 2.47. The Hall–Kier alpha value is -1.49. The summed E-state index contributed by atoms with van der Waals surface area (Å²) in [5, 5.41) is 3.65. The molecule has 0 unspecified atom stereocenters. The van der Waals surface area contributed by atoms with Gasteiger partial charge in [0.05, 0.1) is 12.8 Å². The molecule has 1 aliphatic rings. The minimum Gasteiger partial charge on any atom is -0.479 e. The Morgan fingerprint density at radius 1 is 1.33 bits per heavy atom. The van der Waals surface area contributed by atoms with Crippen molar-refractivity contribution in [3.8, 4) is 5.88 Å². The van der Waals surface area contributed by atoms with Gasteiger partial charge < -0.3 is 19.9 Å². The molecular formula is C16H28N4O. The number of ether oxygens (including phenoxy) is 1. The molecule has 0 amide bonds. The van der Waals surface area contributed by atoms with Gasteiger partial charge in [-0.3, -0.25) is 0 Å². The normalized spacial score (nSPS) is 17.0. The van der Waals surface area contributed by atoms with Crippen LogP contribution in [0.5, 0.6) is 5.88 Å². The van der Waals surface area contributed by atoms with Gasteiger partial charge >= 0.3 is 0 Å². The molecule has 1 saturated heterocycles. The number of methoxy groups -OCH3 is 1. The van der Waals surface area contributed by atoms with E-state index < -0.39 is 0 Å². The minimum atomic E-state index is 0.483. The van der Waals surface area contributed by atoms with E-state index in [1.165, 1.54) is 0 Å². The summed E-state index contributed by atoms with van der Waals surface area (Å²) in [4.78, 5) is 8.95. The highest BCUT2D eigenvalue weighted by Gasteiger charge is 2.23. The second-order valence-corrected chi connectivity index (χ2v) is 6.16. The van der Waals surface area contributed by atoms with Gasteiger partial charge in [-0.05, 0) is 32.8 Å². The van der Waals surface area contributed by atoms with Crippen LogP contribution in [0.2, 0.25) is 0 Å². The van der Waals surface area contributed by atoms with Gasteiger partial charge in [-0.15, -0.1) is 0 Å². The molecule has 1 aromatic heterocycles. The maximum Gasteiger partial charge on any atom is 0.239 e. The van der Waals surface area contributed by atoms with E-state index in [4.69, 9.17) is 4.74 Å². The second-order valence-electron chi connectivity index (χ2n) is 6.16. The lowest BCUT2D eigenvalue weighted by atomic mass is 10.0. The van der Waals surface area contributed by atoms with Gasteiger partial charge in [-0.1, -0.05) is 0 Å². The lowest BCUT2D eigenvalue weighted by molar-refractivity contribution is 0.177. The van der Waals surface area contributed by atoms with Crippen molar-refractivity contribution in [1.82, 2.24) is 9.88 Å². The first kappa shape index (κ1) is 15.9. The van der Waals surface area contributed by atoms with Gasteiger partial charge in [-0.25, -0.2) is 4.98 Å². The topological polar surface area (TPSA) is 40.6 Å². The minimum absolute atomic E-state index is 0.483. The number of aromatic nitrogens is 1. The Morgan fingerprint density at radius 3 is 2.52 bits per heavy atom. The second kappa shape index (κ2) is 6.98. The van der Waals surface area contributed by atoms with Gasteiger partial charge in [0.25, 0.3) is 0 Å². The molecule has 2 rings (SSSR count). The number of hydrogen-bond donors (Lipinski definition) is 1. The zero-order valence-corrected chi connectivity index (χ0v) is 13.9. The first-order chi connectivity index (χ1) is 10.0. The quantitative estimate of drug-likeness (QED) is 0.902. The number of rotatable bonds is 5. The van der Waals surface area contributed by atoms with E-state index in [1.54, 1.807) is 13.3 Å². The standard InChI is InChI=1S/C16H28N4O/c1-12(2)20-10-7-13(8-11-20)18-15-14(19(3)4)6-9-17-16(15)21-5/h6,9,12-13,18H,7-8,10-11H2,1-5H3. The van der Waals surface area contributed by atoms with Crippen molar-refractivity contribution in [2.75, 3.05) is 44.5 Å². The lowest BCUT2D eigenvalue weighted by Crippen LogP contribution is -2.42. The number of pyridine rings is 1. The monoisotopic (exact) mass is 292 g/mol. The molecule has 5 heteroatoms. The molecule has 0 saturated carbocycles. The van der Waals surface area contributed by atoms with Crippen molar-refractivity contribution >= 4 is 11.4 Å². The molecule has 0 aliphatic carbocycles. The number of hydrogen-bond acceptors (Lipinski definition) is 5. The molecule has 1 aromatic rings. The Morgan fingerprint density at radius 2 is 2.00 bits per heavy atom. The molecule has 0 spiro atoms. The van der Waals surface area contributed by atoms with Gasteiger partial charge in [0.1, 0.15) is 5.69 Å². The van der Waals surface area contributed by atoms with Gasteiger partial charge in [0, 0.05) is 45.5 Å². The van der Waals surface area contributed by atoms with Crippen molar-refractivity contribution in [2.24, 2.45) is 0 Å². The number of piperidine rings is 1. The van der Waals surface area contributed by atoms with Crippen LogP contribution in [0, 0.1) is 0 Å². The van der Waals surface area contributed by atoms with Crippen LogP contribution >= 0.6 is 0 Å². The number of anilines is 2. The number of nitrogens with zero attached hydrogens (tertiary/aromatic N) is 3. The summed E-state index contributed by atoms with van der Waals surface area (Å²) >= 11 is 0. The molecule has 2 heterocycles. The highest BCUT2D eigenvalue weighted by Crippen LogP contribution is 2.33. The van der Waals surface area contributed by atoms with Crippen LogP contribution in [0.1, 0.15) is 26.7 Å². The number of nitrogens with one attached hydrogen (secondary N) is 1. The van der Waals surface area contributed by atoms with Crippen LogP contribution in [0.25, 0.3) is 0 Å². The highest BCUT2D eigenvalue weighted by molar-refractivity contribution is 5.74. The molecular weight excluding hydrogens is 264 g/mol. The van der Waals surface area contributed by atoms with E-state index in [0.717, 1.165) is 37.3 Å². The summed E-state index contributed by atoms with van der Waals surface area (Å²) in [7, 11) is 5.76. The van der Waals surface area contributed by atoms with Crippen molar-refractivity contribution < 1.29 is 4.74 Å². The Bertz CT molecular complexity index is 454. The zero-order chi connectivity index (χ0) is 15.4. The third-order valence-electron chi connectivity index (χ3n) is 4.18. The first-order valence-electron chi connectivity index (χ1n) is 7.73.